The Morgan fingerprint density at radius 1 is 1.38 bits per heavy atom. The van der Waals surface area contributed by atoms with Gasteiger partial charge in [-0.25, -0.2) is 0 Å². The molecule has 0 aliphatic rings. The second-order valence-electron chi connectivity index (χ2n) is 4.40. The fourth-order valence-electron chi connectivity index (χ4n) is 1.71. The van der Waals surface area contributed by atoms with Gasteiger partial charge >= 0.3 is 0 Å². The first-order valence-corrected chi connectivity index (χ1v) is 7.57. The lowest BCUT2D eigenvalue weighted by Gasteiger charge is -2.02. The molecule has 5 heteroatoms. The van der Waals surface area contributed by atoms with Crippen molar-refractivity contribution in [3.63, 3.8) is 0 Å². The predicted octanol–water partition coefficient (Wildman–Crippen LogP) is 2.32. The second kappa shape index (κ2) is 8.30. The minimum Gasteiger partial charge on any atom is -0.469 e. The first-order valence-electron chi connectivity index (χ1n) is 6.75. The molecule has 2 aromatic rings. The molecule has 2 heterocycles. The number of hydrogen-bond acceptors (Lipinski definition) is 4. The zero-order valence-electron chi connectivity index (χ0n) is 11.6. The van der Waals surface area contributed by atoms with E-state index in [4.69, 9.17) is 9.52 Å². The number of nitrogens with one attached hydrogen (secondary N) is 1. The summed E-state index contributed by atoms with van der Waals surface area (Å²) in [5, 5.41) is 11.5. The summed E-state index contributed by atoms with van der Waals surface area (Å²) in [5.41, 5.74) is 0. The summed E-state index contributed by atoms with van der Waals surface area (Å²) in [6.45, 7) is 0.598. The van der Waals surface area contributed by atoms with Crippen LogP contribution in [-0.4, -0.2) is 17.6 Å². The predicted molar refractivity (Wildman–Crippen MR) is 81.8 cm³/mol. The summed E-state index contributed by atoms with van der Waals surface area (Å²) in [6.07, 6.45) is 3.12. The van der Waals surface area contributed by atoms with Crippen LogP contribution in [0, 0.1) is 11.8 Å². The summed E-state index contributed by atoms with van der Waals surface area (Å²) < 4.78 is 5.19. The third-order valence-corrected chi connectivity index (χ3v) is 3.75. The highest BCUT2D eigenvalue weighted by atomic mass is 32.1. The Hall–Kier alpha value is -2.03. The third kappa shape index (κ3) is 5.46. The first kappa shape index (κ1) is 15.4. The van der Waals surface area contributed by atoms with Crippen molar-refractivity contribution >= 4 is 17.2 Å². The van der Waals surface area contributed by atoms with Crippen molar-refractivity contribution in [1.82, 2.24) is 5.32 Å². The van der Waals surface area contributed by atoms with Gasteiger partial charge in [0.25, 0.3) is 0 Å². The molecule has 0 fully saturated rings. The lowest BCUT2D eigenvalue weighted by atomic mass is 10.2. The standard InChI is InChI=1S/C16H17NO3S/c18-10-2-1-5-14-7-8-15(21-14)12-17-16(19)9-6-13-4-3-11-20-13/h3-4,7-8,11,18H,2,6,9-10,12H2,(H,17,19). The maximum absolute atomic E-state index is 11.7. The fraction of sp³-hybridized carbons (Fsp3) is 0.312. The van der Waals surface area contributed by atoms with E-state index in [9.17, 15) is 4.79 Å². The van der Waals surface area contributed by atoms with Crippen molar-refractivity contribution in [3.05, 3.63) is 46.0 Å². The van der Waals surface area contributed by atoms with Crippen LogP contribution in [0.1, 0.15) is 28.4 Å². The number of amides is 1. The fourth-order valence-corrected chi connectivity index (χ4v) is 2.53. The van der Waals surface area contributed by atoms with Gasteiger partial charge in [0.05, 0.1) is 24.3 Å². The maximum atomic E-state index is 11.7. The molecule has 0 spiro atoms. The Kier molecular flexibility index (Phi) is 6.07. The van der Waals surface area contributed by atoms with E-state index in [-0.39, 0.29) is 12.5 Å². The lowest BCUT2D eigenvalue weighted by Crippen LogP contribution is -2.22. The highest BCUT2D eigenvalue weighted by Crippen LogP contribution is 2.15. The van der Waals surface area contributed by atoms with E-state index in [1.54, 1.807) is 17.6 Å². The minimum atomic E-state index is 0.00714. The van der Waals surface area contributed by atoms with E-state index in [1.165, 1.54) is 0 Å². The Labute approximate surface area is 127 Å². The van der Waals surface area contributed by atoms with Gasteiger partial charge in [-0.3, -0.25) is 4.79 Å². The number of aliphatic hydroxyl groups excluding tert-OH is 1. The lowest BCUT2D eigenvalue weighted by molar-refractivity contribution is -0.121. The van der Waals surface area contributed by atoms with Crippen molar-refractivity contribution in [1.29, 1.82) is 0 Å². The van der Waals surface area contributed by atoms with Crippen LogP contribution >= 0.6 is 11.3 Å². The Bertz CT molecular complexity index is 619. The average molecular weight is 303 g/mol. The zero-order chi connectivity index (χ0) is 14.9. The molecule has 2 N–H and O–H groups in total. The molecular weight excluding hydrogens is 286 g/mol. The number of rotatable bonds is 6. The molecule has 0 atom stereocenters. The number of aliphatic hydroxyl groups is 1. The molecule has 0 unspecified atom stereocenters. The quantitative estimate of drug-likeness (QED) is 0.805. The van der Waals surface area contributed by atoms with Crippen LogP contribution in [0.2, 0.25) is 0 Å². The summed E-state index contributed by atoms with van der Waals surface area (Å²) in [4.78, 5) is 13.7. The smallest absolute Gasteiger partial charge is 0.220 e. The summed E-state index contributed by atoms with van der Waals surface area (Å²) in [7, 11) is 0. The Morgan fingerprint density at radius 3 is 3.05 bits per heavy atom. The summed E-state index contributed by atoms with van der Waals surface area (Å²) >= 11 is 1.55. The van der Waals surface area contributed by atoms with E-state index in [1.807, 2.05) is 24.3 Å². The third-order valence-electron chi connectivity index (χ3n) is 2.75. The molecule has 2 rings (SSSR count). The van der Waals surface area contributed by atoms with Crippen LogP contribution in [0.4, 0.5) is 0 Å². The average Bonchev–Trinajstić information content (AvgIpc) is 3.15. The van der Waals surface area contributed by atoms with Crippen molar-refractivity contribution in [2.45, 2.75) is 25.8 Å². The molecule has 4 nitrogen and oxygen atoms in total. The van der Waals surface area contributed by atoms with Gasteiger partial charge in [0.2, 0.25) is 5.91 Å². The molecule has 1 amide bonds. The maximum Gasteiger partial charge on any atom is 0.220 e. The minimum absolute atomic E-state index is 0.00714. The number of furan rings is 1. The molecule has 110 valence electrons. The molecule has 0 saturated heterocycles. The number of hydrogen-bond donors (Lipinski definition) is 2. The molecule has 0 aliphatic carbocycles. The van der Waals surface area contributed by atoms with Crippen LogP contribution in [0.15, 0.2) is 34.9 Å². The number of thiophene rings is 1. The number of aryl methyl sites for hydroxylation is 1. The molecule has 21 heavy (non-hydrogen) atoms. The van der Waals surface area contributed by atoms with Gasteiger partial charge in [0.15, 0.2) is 0 Å². The number of carbonyl (C=O) groups is 1. The van der Waals surface area contributed by atoms with Crippen LogP contribution in [-0.2, 0) is 17.8 Å². The first-order chi connectivity index (χ1) is 10.3. The van der Waals surface area contributed by atoms with Gasteiger partial charge in [-0.2, -0.15) is 0 Å². The van der Waals surface area contributed by atoms with Gasteiger partial charge in [0.1, 0.15) is 5.76 Å². The van der Waals surface area contributed by atoms with E-state index < -0.39 is 0 Å². The molecule has 2 aromatic heterocycles. The molecule has 0 bridgehead atoms. The van der Waals surface area contributed by atoms with E-state index in [2.05, 4.69) is 17.2 Å². The van der Waals surface area contributed by atoms with Crippen molar-refractivity contribution in [3.8, 4) is 11.8 Å². The highest BCUT2D eigenvalue weighted by Gasteiger charge is 2.05. The van der Waals surface area contributed by atoms with E-state index >= 15 is 0 Å². The second-order valence-corrected chi connectivity index (χ2v) is 5.57. The molecule has 0 radical (unpaired) electrons. The van der Waals surface area contributed by atoms with Crippen molar-refractivity contribution < 1.29 is 14.3 Å². The van der Waals surface area contributed by atoms with Crippen molar-refractivity contribution in [2.24, 2.45) is 0 Å². The van der Waals surface area contributed by atoms with Gasteiger partial charge in [0, 0.05) is 24.1 Å². The molecule has 0 aliphatic heterocycles. The Balaban J connectivity index is 1.72. The van der Waals surface area contributed by atoms with Gasteiger partial charge in [-0.1, -0.05) is 11.8 Å². The molecule has 0 saturated carbocycles. The van der Waals surface area contributed by atoms with E-state index in [0.717, 1.165) is 15.5 Å². The van der Waals surface area contributed by atoms with Crippen LogP contribution in [0.3, 0.4) is 0 Å². The van der Waals surface area contributed by atoms with E-state index in [0.29, 0.717) is 25.8 Å². The molecule has 0 aromatic carbocycles. The van der Waals surface area contributed by atoms with Crippen molar-refractivity contribution in [2.75, 3.05) is 6.61 Å². The van der Waals surface area contributed by atoms with Gasteiger partial charge in [-0.15, -0.1) is 11.3 Å². The monoisotopic (exact) mass is 303 g/mol. The van der Waals surface area contributed by atoms with Crippen LogP contribution < -0.4 is 5.32 Å². The van der Waals surface area contributed by atoms with Crippen LogP contribution in [0.5, 0.6) is 0 Å². The topological polar surface area (TPSA) is 62.5 Å². The van der Waals surface area contributed by atoms with Gasteiger partial charge < -0.3 is 14.8 Å². The largest absolute Gasteiger partial charge is 0.469 e. The number of carbonyl (C=O) groups excluding carboxylic acids is 1. The Morgan fingerprint density at radius 2 is 2.29 bits per heavy atom. The summed E-state index contributed by atoms with van der Waals surface area (Å²) in [5.74, 6) is 6.69. The SMILES string of the molecule is O=C(CCc1ccco1)NCc1ccc(C#CCCO)s1. The molecular formula is C16H17NO3S. The normalized spacial score (nSPS) is 9.95. The zero-order valence-corrected chi connectivity index (χ0v) is 12.4. The highest BCUT2D eigenvalue weighted by molar-refractivity contribution is 7.12. The summed E-state index contributed by atoms with van der Waals surface area (Å²) in [6, 6.07) is 7.57. The van der Waals surface area contributed by atoms with Crippen LogP contribution in [0.25, 0.3) is 0 Å². The van der Waals surface area contributed by atoms with Gasteiger partial charge in [-0.05, 0) is 24.3 Å².